The zero-order chi connectivity index (χ0) is 13.2. The SMILES string of the molecule is CNC(c1c(C)cc(C)c(C)c1OC)C(C)N. The first-order valence-corrected chi connectivity index (χ1v) is 6.01. The molecule has 0 heterocycles. The standard InChI is InChI=1S/C14H24N2O/c1-8-7-9(2)12(13(16-5)11(4)15)14(17-6)10(8)3/h7,11,13,16H,15H2,1-6H3. The summed E-state index contributed by atoms with van der Waals surface area (Å²) in [5.74, 6) is 0.958. The average Bonchev–Trinajstić information content (AvgIpc) is 2.26. The third-order valence-corrected chi connectivity index (χ3v) is 3.39. The molecule has 2 atom stereocenters. The van der Waals surface area contributed by atoms with Gasteiger partial charge in [-0.05, 0) is 51.4 Å². The van der Waals surface area contributed by atoms with Gasteiger partial charge < -0.3 is 15.8 Å². The molecule has 2 unspecified atom stereocenters. The van der Waals surface area contributed by atoms with Crippen LogP contribution in [0.5, 0.6) is 5.75 Å². The second-order valence-corrected chi connectivity index (χ2v) is 4.71. The number of ether oxygens (including phenoxy) is 1. The van der Waals surface area contributed by atoms with Gasteiger partial charge in [0.15, 0.2) is 0 Å². The molecule has 0 aliphatic heterocycles. The molecule has 0 bridgehead atoms. The Morgan fingerprint density at radius 3 is 2.24 bits per heavy atom. The van der Waals surface area contributed by atoms with E-state index in [0.29, 0.717) is 0 Å². The normalized spacial score (nSPS) is 14.5. The van der Waals surface area contributed by atoms with Gasteiger partial charge in [-0.3, -0.25) is 0 Å². The van der Waals surface area contributed by atoms with Crippen LogP contribution < -0.4 is 15.8 Å². The molecule has 0 saturated heterocycles. The summed E-state index contributed by atoms with van der Waals surface area (Å²) in [4.78, 5) is 0. The highest BCUT2D eigenvalue weighted by atomic mass is 16.5. The molecule has 1 aromatic carbocycles. The fraction of sp³-hybridized carbons (Fsp3) is 0.571. The molecule has 0 aliphatic carbocycles. The minimum Gasteiger partial charge on any atom is -0.496 e. The molecular formula is C14H24N2O. The summed E-state index contributed by atoms with van der Waals surface area (Å²) in [5.41, 5.74) is 10.9. The Bertz CT molecular complexity index is 400. The van der Waals surface area contributed by atoms with E-state index in [9.17, 15) is 0 Å². The first-order chi connectivity index (χ1) is 7.93. The number of rotatable bonds is 4. The average molecular weight is 236 g/mol. The molecule has 0 spiro atoms. The number of nitrogens with two attached hydrogens (primary N) is 1. The third-order valence-electron chi connectivity index (χ3n) is 3.39. The van der Waals surface area contributed by atoms with Crippen LogP contribution in [0.25, 0.3) is 0 Å². The van der Waals surface area contributed by atoms with E-state index in [0.717, 1.165) is 5.75 Å². The Labute approximate surface area is 104 Å². The van der Waals surface area contributed by atoms with Gasteiger partial charge >= 0.3 is 0 Å². The summed E-state index contributed by atoms with van der Waals surface area (Å²) >= 11 is 0. The molecule has 0 aliphatic rings. The minimum atomic E-state index is 0.0368. The first-order valence-electron chi connectivity index (χ1n) is 6.01. The molecule has 1 aromatic rings. The van der Waals surface area contributed by atoms with Gasteiger partial charge in [0.25, 0.3) is 0 Å². The Morgan fingerprint density at radius 2 is 1.82 bits per heavy atom. The van der Waals surface area contributed by atoms with E-state index < -0.39 is 0 Å². The molecule has 0 saturated carbocycles. The highest BCUT2D eigenvalue weighted by Gasteiger charge is 2.22. The van der Waals surface area contributed by atoms with Crippen LogP contribution in [0.3, 0.4) is 0 Å². The third kappa shape index (κ3) is 2.61. The lowest BCUT2D eigenvalue weighted by Gasteiger charge is -2.26. The fourth-order valence-electron chi connectivity index (χ4n) is 2.39. The van der Waals surface area contributed by atoms with Crippen molar-refractivity contribution in [1.82, 2.24) is 5.32 Å². The van der Waals surface area contributed by atoms with Crippen LogP contribution in [0.1, 0.15) is 35.2 Å². The van der Waals surface area contributed by atoms with Crippen molar-refractivity contribution >= 4 is 0 Å². The van der Waals surface area contributed by atoms with E-state index in [1.807, 2.05) is 14.0 Å². The minimum absolute atomic E-state index is 0.0368. The van der Waals surface area contributed by atoms with E-state index in [4.69, 9.17) is 10.5 Å². The molecule has 96 valence electrons. The highest BCUT2D eigenvalue weighted by molar-refractivity contribution is 5.51. The van der Waals surface area contributed by atoms with Crippen molar-refractivity contribution in [2.24, 2.45) is 5.73 Å². The van der Waals surface area contributed by atoms with E-state index in [1.165, 1.54) is 22.3 Å². The van der Waals surface area contributed by atoms with Crippen LogP contribution in [0, 0.1) is 20.8 Å². The maximum Gasteiger partial charge on any atom is 0.127 e. The Balaban J connectivity index is 3.45. The fourth-order valence-corrected chi connectivity index (χ4v) is 2.39. The smallest absolute Gasteiger partial charge is 0.127 e. The molecule has 0 fully saturated rings. The number of nitrogens with one attached hydrogen (secondary N) is 1. The second kappa shape index (κ2) is 5.52. The van der Waals surface area contributed by atoms with Crippen LogP contribution in [-0.4, -0.2) is 20.2 Å². The van der Waals surface area contributed by atoms with Gasteiger partial charge in [-0.2, -0.15) is 0 Å². The Hall–Kier alpha value is -1.06. The molecule has 0 amide bonds. The van der Waals surface area contributed by atoms with Gasteiger partial charge in [0.2, 0.25) is 0 Å². The topological polar surface area (TPSA) is 47.3 Å². The number of hydrogen-bond acceptors (Lipinski definition) is 3. The van der Waals surface area contributed by atoms with Crippen molar-refractivity contribution in [3.63, 3.8) is 0 Å². The second-order valence-electron chi connectivity index (χ2n) is 4.71. The molecule has 3 heteroatoms. The summed E-state index contributed by atoms with van der Waals surface area (Å²) < 4.78 is 5.58. The zero-order valence-corrected chi connectivity index (χ0v) is 11.7. The van der Waals surface area contributed by atoms with E-state index >= 15 is 0 Å². The van der Waals surface area contributed by atoms with Crippen LogP contribution in [0.15, 0.2) is 6.07 Å². The summed E-state index contributed by atoms with van der Waals surface area (Å²) in [6.07, 6.45) is 0. The van der Waals surface area contributed by atoms with Crippen LogP contribution in [0.4, 0.5) is 0 Å². The summed E-state index contributed by atoms with van der Waals surface area (Å²) in [7, 11) is 3.65. The van der Waals surface area contributed by atoms with Crippen LogP contribution in [0.2, 0.25) is 0 Å². The van der Waals surface area contributed by atoms with E-state index in [2.05, 4.69) is 32.2 Å². The lowest BCUT2D eigenvalue weighted by atomic mass is 9.91. The van der Waals surface area contributed by atoms with Crippen molar-refractivity contribution in [3.8, 4) is 5.75 Å². The maximum atomic E-state index is 6.04. The molecular weight excluding hydrogens is 212 g/mol. The maximum absolute atomic E-state index is 6.04. The number of methoxy groups -OCH3 is 1. The van der Waals surface area contributed by atoms with Crippen molar-refractivity contribution in [2.75, 3.05) is 14.2 Å². The summed E-state index contributed by atoms with van der Waals surface area (Å²) in [6, 6.07) is 2.35. The molecule has 3 N–H and O–H groups in total. The number of likely N-dealkylation sites (N-methyl/N-ethyl adjacent to an activating group) is 1. The van der Waals surface area contributed by atoms with Gasteiger partial charge in [0.1, 0.15) is 5.75 Å². The lowest BCUT2D eigenvalue weighted by Crippen LogP contribution is -2.34. The van der Waals surface area contributed by atoms with Crippen molar-refractivity contribution in [1.29, 1.82) is 0 Å². The number of hydrogen-bond donors (Lipinski definition) is 2. The predicted molar refractivity (Wildman–Crippen MR) is 72.7 cm³/mol. The quantitative estimate of drug-likeness (QED) is 0.842. The van der Waals surface area contributed by atoms with Gasteiger partial charge in [-0.1, -0.05) is 6.07 Å². The number of benzene rings is 1. The van der Waals surface area contributed by atoms with E-state index in [1.54, 1.807) is 7.11 Å². The van der Waals surface area contributed by atoms with Crippen molar-refractivity contribution < 1.29 is 4.74 Å². The Kier molecular flexibility index (Phi) is 4.54. The lowest BCUT2D eigenvalue weighted by molar-refractivity contribution is 0.390. The first kappa shape index (κ1) is 14.0. The molecule has 3 nitrogen and oxygen atoms in total. The van der Waals surface area contributed by atoms with Crippen molar-refractivity contribution in [2.45, 2.75) is 39.8 Å². The van der Waals surface area contributed by atoms with Gasteiger partial charge in [0.05, 0.1) is 13.2 Å². The molecule has 1 rings (SSSR count). The zero-order valence-electron chi connectivity index (χ0n) is 11.7. The van der Waals surface area contributed by atoms with Gasteiger partial charge in [-0.25, -0.2) is 0 Å². The van der Waals surface area contributed by atoms with Crippen LogP contribution >= 0.6 is 0 Å². The van der Waals surface area contributed by atoms with Crippen LogP contribution in [-0.2, 0) is 0 Å². The monoisotopic (exact) mass is 236 g/mol. The summed E-state index contributed by atoms with van der Waals surface area (Å²) in [5, 5.41) is 3.28. The van der Waals surface area contributed by atoms with Gasteiger partial charge in [-0.15, -0.1) is 0 Å². The number of aryl methyl sites for hydroxylation is 2. The molecule has 0 radical (unpaired) electrons. The molecule has 17 heavy (non-hydrogen) atoms. The van der Waals surface area contributed by atoms with Crippen molar-refractivity contribution in [3.05, 3.63) is 28.3 Å². The largest absolute Gasteiger partial charge is 0.496 e. The summed E-state index contributed by atoms with van der Waals surface area (Å²) in [6.45, 7) is 8.31. The van der Waals surface area contributed by atoms with Gasteiger partial charge in [0, 0.05) is 11.6 Å². The predicted octanol–water partition coefficient (Wildman–Crippen LogP) is 2.23. The Morgan fingerprint density at radius 1 is 1.24 bits per heavy atom. The highest BCUT2D eigenvalue weighted by Crippen LogP contribution is 2.34. The molecule has 0 aromatic heterocycles. The van der Waals surface area contributed by atoms with E-state index in [-0.39, 0.29) is 12.1 Å².